The van der Waals surface area contributed by atoms with Crippen LogP contribution < -0.4 is 10.5 Å². The van der Waals surface area contributed by atoms with Crippen LogP contribution in [-0.4, -0.2) is 32.9 Å². The number of carbonyl (C=O) groups is 1. The lowest BCUT2D eigenvalue weighted by molar-refractivity contribution is -0.119. The average molecular weight is 409 g/mol. The van der Waals surface area contributed by atoms with Gasteiger partial charge in [0.15, 0.2) is 0 Å². The van der Waals surface area contributed by atoms with E-state index in [0.717, 1.165) is 35.4 Å². The molecule has 2 aromatic heterocycles. The number of amides is 1. The van der Waals surface area contributed by atoms with Crippen LogP contribution in [0.25, 0.3) is 10.2 Å². The number of pyridine rings is 1. The predicted octanol–water partition coefficient (Wildman–Crippen LogP) is 4.10. The number of nitrogens with two attached hydrogens (primary N) is 1. The van der Waals surface area contributed by atoms with Gasteiger partial charge in [-0.15, -0.1) is 0 Å². The highest BCUT2D eigenvalue weighted by molar-refractivity contribution is 7.20. The maximum Gasteiger partial charge on any atom is 0.279 e. The Morgan fingerprint density at radius 2 is 1.93 bits per heavy atom. The Labute approximate surface area is 173 Å². The summed E-state index contributed by atoms with van der Waals surface area (Å²) in [6.07, 6.45) is 8.73. The van der Waals surface area contributed by atoms with Gasteiger partial charge in [-0.25, -0.2) is 4.98 Å². The lowest BCUT2D eigenvalue weighted by atomic mass is 9.87. The minimum absolute atomic E-state index is 0.164. The Morgan fingerprint density at radius 1 is 1.17 bits per heavy atom. The first-order chi connectivity index (χ1) is 14.1. The van der Waals surface area contributed by atoms with E-state index in [4.69, 9.17) is 10.5 Å². The maximum atomic E-state index is 11.3. The number of thiazole rings is 1. The third-order valence-electron chi connectivity index (χ3n) is 6.14. The van der Waals surface area contributed by atoms with Crippen LogP contribution >= 0.6 is 11.3 Å². The molecule has 2 fully saturated rings. The summed E-state index contributed by atoms with van der Waals surface area (Å²) in [5, 5.41) is 0.635. The molecular formula is C22H24N4O2S. The van der Waals surface area contributed by atoms with Gasteiger partial charge in [-0.3, -0.25) is 14.7 Å². The van der Waals surface area contributed by atoms with Crippen LogP contribution in [0.15, 0.2) is 42.7 Å². The van der Waals surface area contributed by atoms with Crippen LogP contribution in [0.4, 0.5) is 0 Å². The van der Waals surface area contributed by atoms with Gasteiger partial charge in [-0.2, -0.15) is 0 Å². The third-order valence-corrected chi connectivity index (χ3v) is 7.02. The van der Waals surface area contributed by atoms with Gasteiger partial charge < -0.3 is 10.5 Å². The summed E-state index contributed by atoms with van der Waals surface area (Å²) < 4.78 is 6.96. The number of carbonyl (C=O) groups excluding carboxylic acids is 1. The second-order valence-corrected chi connectivity index (χ2v) is 9.13. The van der Waals surface area contributed by atoms with Crippen molar-refractivity contribution >= 4 is 27.5 Å². The van der Waals surface area contributed by atoms with E-state index in [1.54, 1.807) is 6.20 Å². The van der Waals surface area contributed by atoms with E-state index in [-0.39, 0.29) is 5.91 Å². The molecule has 1 amide bonds. The first kappa shape index (κ1) is 18.5. The van der Waals surface area contributed by atoms with Gasteiger partial charge in [0.1, 0.15) is 5.75 Å². The van der Waals surface area contributed by atoms with Gasteiger partial charge in [0.2, 0.25) is 5.91 Å². The molecule has 1 unspecified atom stereocenters. The number of hydrogen-bond donors (Lipinski definition) is 1. The number of rotatable bonds is 6. The summed E-state index contributed by atoms with van der Waals surface area (Å²) >= 11 is 1.50. The SMILES string of the molecule is NC(=O)CC1C[C@H]2CC[C@@H](C1)N2Cc1ccc(Oc2nc3ccncc3s2)cc1. The molecule has 1 aromatic carbocycles. The van der Waals surface area contributed by atoms with E-state index in [9.17, 15) is 4.79 Å². The molecule has 0 aliphatic carbocycles. The molecule has 7 heteroatoms. The second-order valence-electron chi connectivity index (χ2n) is 8.13. The molecule has 2 bridgehead atoms. The quantitative estimate of drug-likeness (QED) is 0.664. The van der Waals surface area contributed by atoms with E-state index in [1.807, 2.05) is 24.4 Å². The van der Waals surface area contributed by atoms with Crippen LogP contribution in [0.5, 0.6) is 10.9 Å². The monoisotopic (exact) mass is 408 g/mol. The van der Waals surface area contributed by atoms with Crippen molar-refractivity contribution in [3.05, 3.63) is 48.3 Å². The molecular weight excluding hydrogens is 384 g/mol. The molecule has 0 spiro atoms. The Morgan fingerprint density at radius 3 is 2.62 bits per heavy atom. The molecule has 29 heavy (non-hydrogen) atoms. The fourth-order valence-corrected chi connectivity index (χ4v) is 5.68. The zero-order valence-electron chi connectivity index (χ0n) is 16.2. The van der Waals surface area contributed by atoms with Crippen molar-refractivity contribution in [2.45, 2.75) is 50.7 Å². The van der Waals surface area contributed by atoms with Crippen molar-refractivity contribution in [3.8, 4) is 10.9 Å². The fourth-order valence-electron chi connectivity index (χ4n) is 4.87. The summed E-state index contributed by atoms with van der Waals surface area (Å²) in [7, 11) is 0. The third kappa shape index (κ3) is 3.97. The van der Waals surface area contributed by atoms with E-state index in [2.05, 4.69) is 27.0 Å². The average Bonchev–Trinajstić information content (AvgIpc) is 3.20. The van der Waals surface area contributed by atoms with Gasteiger partial charge in [0.05, 0.1) is 10.2 Å². The molecule has 0 saturated carbocycles. The molecule has 3 atom stereocenters. The number of nitrogens with zero attached hydrogens (tertiary/aromatic N) is 3. The highest BCUT2D eigenvalue weighted by Crippen LogP contribution is 2.40. The van der Waals surface area contributed by atoms with Crippen molar-refractivity contribution in [2.24, 2.45) is 11.7 Å². The van der Waals surface area contributed by atoms with Gasteiger partial charge in [-0.1, -0.05) is 23.5 Å². The number of primary amides is 1. The van der Waals surface area contributed by atoms with Crippen molar-refractivity contribution in [3.63, 3.8) is 0 Å². The zero-order valence-corrected chi connectivity index (χ0v) is 17.0. The van der Waals surface area contributed by atoms with E-state index in [0.29, 0.717) is 29.6 Å². The summed E-state index contributed by atoms with van der Waals surface area (Å²) in [5.41, 5.74) is 7.61. The number of aromatic nitrogens is 2. The Kier molecular flexibility index (Phi) is 4.93. The molecule has 6 nitrogen and oxygen atoms in total. The largest absolute Gasteiger partial charge is 0.431 e. The van der Waals surface area contributed by atoms with Crippen LogP contribution in [-0.2, 0) is 11.3 Å². The Balaban J connectivity index is 1.22. The fraction of sp³-hybridized carbons (Fsp3) is 0.409. The first-order valence-corrected chi connectivity index (χ1v) is 11.0. The van der Waals surface area contributed by atoms with Crippen LogP contribution in [0.1, 0.15) is 37.7 Å². The second kappa shape index (κ2) is 7.72. The van der Waals surface area contributed by atoms with Crippen LogP contribution in [0.3, 0.4) is 0 Å². The summed E-state index contributed by atoms with van der Waals surface area (Å²) in [4.78, 5) is 22.5. The number of benzene rings is 1. The summed E-state index contributed by atoms with van der Waals surface area (Å²) in [6.45, 7) is 0.950. The standard InChI is InChI=1S/C22H24N4O2S/c23-21(27)11-15-9-16-3-4-17(10-15)26(16)13-14-1-5-18(6-2-14)28-22-25-19-7-8-24-12-20(19)29-22/h1-2,5-8,12,15-17H,3-4,9-11,13H2,(H2,23,27)/t15?,16-,17+. The normalized spacial score (nSPS) is 24.1. The van der Waals surface area contributed by atoms with Crippen LogP contribution in [0.2, 0.25) is 0 Å². The molecule has 3 aromatic rings. The van der Waals surface area contributed by atoms with E-state index in [1.165, 1.54) is 29.7 Å². The first-order valence-electron chi connectivity index (χ1n) is 10.2. The van der Waals surface area contributed by atoms with Crippen molar-refractivity contribution in [1.29, 1.82) is 0 Å². The number of piperidine rings is 1. The lowest BCUT2D eigenvalue weighted by Gasteiger charge is -2.38. The van der Waals surface area contributed by atoms with Crippen molar-refractivity contribution in [2.75, 3.05) is 0 Å². The molecule has 2 N–H and O–H groups in total. The summed E-state index contributed by atoms with van der Waals surface area (Å²) in [5.74, 6) is 1.09. The van der Waals surface area contributed by atoms with Crippen LogP contribution in [0, 0.1) is 5.92 Å². The molecule has 2 saturated heterocycles. The predicted molar refractivity (Wildman–Crippen MR) is 113 cm³/mol. The lowest BCUT2D eigenvalue weighted by Crippen LogP contribution is -2.43. The van der Waals surface area contributed by atoms with Gasteiger partial charge in [0.25, 0.3) is 5.19 Å². The minimum atomic E-state index is -0.164. The molecule has 2 aliphatic heterocycles. The Hall–Kier alpha value is -2.51. The number of hydrogen-bond acceptors (Lipinski definition) is 6. The van der Waals surface area contributed by atoms with E-state index >= 15 is 0 Å². The minimum Gasteiger partial charge on any atom is -0.431 e. The molecule has 2 aliphatic rings. The highest BCUT2D eigenvalue weighted by atomic mass is 32.1. The number of ether oxygens (including phenoxy) is 1. The zero-order chi connectivity index (χ0) is 19.8. The summed E-state index contributed by atoms with van der Waals surface area (Å²) in [6, 6.07) is 11.3. The van der Waals surface area contributed by atoms with E-state index < -0.39 is 0 Å². The molecule has 4 heterocycles. The van der Waals surface area contributed by atoms with Gasteiger partial charge in [-0.05, 0) is 55.4 Å². The van der Waals surface area contributed by atoms with Gasteiger partial charge >= 0.3 is 0 Å². The topological polar surface area (TPSA) is 81.3 Å². The van der Waals surface area contributed by atoms with Crippen molar-refractivity contribution in [1.82, 2.24) is 14.9 Å². The Bertz CT molecular complexity index is 972. The van der Waals surface area contributed by atoms with Crippen molar-refractivity contribution < 1.29 is 9.53 Å². The van der Waals surface area contributed by atoms with Gasteiger partial charge in [0, 0.05) is 37.4 Å². The molecule has 0 radical (unpaired) electrons. The molecule has 150 valence electrons. The molecule has 5 rings (SSSR count). The highest BCUT2D eigenvalue weighted by Gasteiger charge is 2.40. The smallest absolute Gasteiger partial charge is 0.279 e. The maximum absolute atomic E-state index is 11.3. The number of fused-ring (bicyclic) bond motifs is 3.